The summed E-state index contributed by atoms with van der Waals surface area (Å²) < 4.78 is 0. The van der Waals surface area contributed by atoms with Crippen LogP contribution in [0.15, 0.2) is 24.3 Å². The highest BCUT2D eigenvalue weighted by Crippen LogP contribution is 2.28. The molecule has 16 heavy (non-hydrogen) atoms. The summed E-state index contributed by atoms with van der Waals surface area (Å²) >= 11 is 0. The van der Waals surface area contributed by atoms with Gasteiger partial charge in [0.1, 0.15) is 5.69 Å². The van der Waals surface area contributed by atoms with Crippen molar-refractivity contribution < 1.29 is 15.0 Å². The Hall–Kier alpha value is -1.81. The minimum Gasteiger partial charge on any atom is -0.477 e. The molecule has 84 valence electrons. The Balaban J connectivity index is 2.73. The number of aromatic amines is 1. The van der Waals surface area contributed by atoms with E-state index in [1.807, 2.05) is 0 Å². The van der Waals surface area contributed by atoms with Gasteiger partial charge >= 0.3 is 5.97 Å². The van der Waals surface area contributed by atoms with E-state index >= 15 is 0 Å². The van der Waals surface area contributed by atoms with E-state index in [-0.39, 0.29) is 5.69 Å². The molecule has 0 atom stereocenters. The quantitative estimate of drug-likeness (QED) is 0.724. The first-order valence-corrected chi connectivity index (χ1v) is 4.97. The molecule has 2 aromatic rings. The van der Waals surface area contributed by atoms with Crippen LogP contribution < -0.4 is 0 Å². The van der Waals surface area contributed by atoms with E-state index in [4.69, 9.17) is 5.11 Å². The molecule has 0 amide bonds. The fraction of sp³-hybridized carbons (Fsp3) is 0.250. The van der Waals surface area contributed by atoms with Crippen molar-refractivity contribution in [1.29, 1.82) is 0 Å². The summed E-state index contributed by atoms with van der Waals surface area (Å²) in [5, 5.41) is 19.6. The summed E-state index contributed by atoms with van der Waals surface area (Å²) in [4.78, 5) is 13.6. The van der Waals surface area contributed by atoms with Crippen LogP contribution in [0.4, 0.5) is 0 Å². The van der Waals surface area contributed by atoms with Crippen LogP contribution >= 0.6 is 0 Å². The lowest BCUT2D eigenvalue weighted by Crippen LogP contribution is -2.15. The van der Waals surface area contributed by atoms with Crippen molar-refractivity contribution in [3.8, 4) is 0 Å². The number of aromatic nitrogens is 1. The molecule has 1 aromatic carbocycles. The highest BCUT2D eigenvalue weighted by Gasteiger charge is 2.20. The lowest BCUT2D eigenvalue weighted by atomic mass is 9.95. The average Bonchev–Trinajstić information content (AvgIpc) is 2.58. The number of carbonyl (C=O) groups is 1. The van der Waals surface area contributed by atoms with Crippen molar-refractivity contribution in [2.24, 2.45) is 0 Å². The van der Waals surface area contributed by atoms with E-state index in [2.05, 4.69) is 4.98 Å². The Morgan fingerprint density at radius 3 is 2.62 bits per heavy atom. The van der Waals surface area contributed by atoms with Gasteiger partial charge in [0.05, 0.1) is 5.60 Å². The summed E-state index contributed by atoms with van der Waals surface area (Å²) in [7, 11) is 0. The lowest BCUT2D eigenvalue weighted by Gasteiger charge is -2.18. The molecule has 0 spiro atoms. The second-order valence-corrected chi connectivity index (χ2v) is 4.31. The van der Waals surface area contributed by atoms with Gasteiger partial charge in [-0.1, -0.05) is 12.1 Å². The monoisotopic (exact) mass is 219 g/mol. The molecule has 0 aliphatic rings. The Kier molecular flexibility index (Phi) is 2.24. The van der Waals surface area contributed by atoms with Crippen molar-refractivity contribution in [2.75, 3.05) is 0 Å². The molecule has 0 fully saturated rings. The van der Waals surface area contributed by atoms with Crippen molar-refractivity contribution in [2.45, 2.75) is 19.4 Å². The number of aromatic carboxylic acids is 1. The van der Waals surface area contributed by atoms with Gasteiger partial charge in [-0.3, -0.25) is 0 Å². The minimum absolute atomic E-state index is 0.131. The standard InChI is InChI=1S/C12H13NO3/c1-12(2,16)8-4-3-5-9-7(8)6-10(13-9)11(14)15/h3-6,13,16H,1-2H3,(H,14,15). The van der Waals surface area contributed by atoms with E-state index in [1.54, 1.807) is 38.1 Å². The van der Waals surface area contributed by atoms with Crippen LogP contribution in [0.3, 0.4) is 0 Å². The van der Waals surface area contributed by atoms with Crippen LogP contribution in [0, 0.1) is 0 Å². The third kappa shape index (κ3) is 1.67. The highest BCUT2D eigenvalue weighted by molar-refractivity contribution is 5.95. The van der Waals surface area contributed by atoms with Crippen LogP contribution in [0.2, 0.25) is 0 Å². The summed E-state index contributed by atoms with van der Waals surface area (Å²) in [6, 6.07) is 6.92. The second kappa shape index (κ2) is 3.35. The fourth-order valence-electron chi connectivity index (χ4n) is 1.80. The maximum Gasteiger partial charge on any atom is 0.352 e. The van der Waals surface area contributed by atoms with E-state index in [9.17, 15) is 9.90 Å². The van der Waals surface area contributed by atoms with Gasteiger partial charge in [0, 0.05) is 10.9 Å². The second-order valence-electron chi connectivity index (χ2n) is 4.31. The summed E-state index contributed by atoms with van der Waals surface area (Å²) in [5.74, 6) is -1.00. The summed E-state index contributed by atoms with van der Waals surface area (Å²) in [6.45, 7) is 3.35. The molecule has 0 aliphatic carbocycles. The SMILES string of the molecule is CC(C)(O)c1cccc2[nH]c(C(=O)O)cc12. The van der Waals surface area contributed by atoms with Gasteiger partial charge in [-0.15, -0.1) is 0 Å². The molecular formula is C12H13NO3. The molecule has 4 heteroatoms. The van der Waals surface area contributed by atoms with Crippen molar-refractivity contribution >= 4 is 16.9 Å². The minimum atomic E-state index is -1.00. The number of carboxylic acids is 1. The Morgan fingerprint density at radius 2 is 2.06 bits per heavy atom. The number of aliphatic hydroxyl groups is 1. The fourth-order valence-corrected chi connectivity index (χ4v) is 1.80. The first-order valence-electron chi connectivity index (χ1n) is 4.97. The largest absolute Gasteiger partial charge is 0.477 e. The number of hydrogen-bond donors (Lipinski definition) is 3. The van der Waals surface area contributed by atoms with Gasteiger partial charge in [-0.05, 0) is 31.5 Å². The Labute approximate surface area is 92.5 Å². The molecule has 0 bridgehead atoms. The molecule has 0 saturated heterocycles. The van der Waals surface area contributed by atoms with Gasteiger partial charge in [0.15, 0.2) is 0 Å². The van der Waals surface area contributed by atoms with E-state index in [0.717, 1.165) is 10.9 Å². The Bertz CT molecular complexity index is 549. The zero-order chi connectivity index (χ0) is 11.9. The number of H-pyrrole nitrogens is 1. The number of hydrogen-bond acceptors (Lipinski definition) is 2. The average molecular weight is 219 g/mol. The molecular weight excluding hydrogens is 206 g/mol. The number of benzene rings is 1. The van der Waals surface area contributed by atoms with Crippen LogP contribution in [0.5, 0.6) is 0 Å². The van der Waals surface area contributed by atoms with Crippen LogP contribution in [0.25, 0.3) is 10.9 Å². The van der Waals surface area contributed by atoms with E-state index < -0.39 is 11.6 Å². The predicted molar refractivity (Wildman–Crippen MR) is 60.5 cm³/mol. The third-order valence-electron chi connectivity index (χ3n) is 2.55. The van der Waals surface area contributed by atoms with Crippen LogP contribution in [-0.2, 0) is 5.60 Å². The normalized spacial score (nSPS) is 11.9. The van der Waals surface area contributed by atoms with Crippen molar-refractivity contribution in [3.63, 3.8) is 0 Å². The van der Waals surface area contributed by atoms with E-state index in [0.29, 0.717) is 5.56 Å². The van der Waals surface area contributed by atoms with Gasteiger partial charge < -0.3 is 15.2 Å². The number of nitrogens with one attached hydrogen (secondary N) is 1. The van der Waals surface area contributed by atoms with Gasteiger partial charge in [-0.25, -0.2) is 4.79 Å². The van der Waals surface area contributed by atoms with Crippen LogP contribution in [-0.4, -0.2) is 21.2 Å². The van der Waals surface area contributed by atoms with Gasteiger partial charge in [0.2, 0.25) is 0 Å². The van der Waals surface area contributed by atoms with E-state index in [1.165, 1.54) is 0 Å². The maximum absolute atomic E-state index is 10.8. The zero-order valence-electron chi connectivity index (χ0n) is 9.11. The van der Waals surface area contributed by atoms with Gasteiger partial charge in [-0.2, -0.15) is 0 Å². The molecule has 0 unspecified atom stereocenters. The smallest absolute Gasteiger partial charge is 0.352 e. The number of carboxylic acid groups (broad SMARTS) is 1. The highest BCUT2D eigenvalue weighted by atomic mass is 16.4. The summed E-state index contributed by atoms with van der Waals surface area (Å²) in [5.41, 5.74) is 0.578. The lowest BCUT2D eigenvalue weighted by molar-refractivity contribution is 0.0690. The molecule has 0 aliphatic heterocycles. The van der Waals surface area contributed by atoms with Crippen LogP contribution in [0.1, 0.15) is 29.9 Å². The number of rotatable bonds is 2. The van der Waals surface area contributed by atoms with Gasteiger partial charge in [0.25, 0.3) is 0 Å². The molecule has 0 radical (unpaired) electrons. The Morgan fingerprint density at radius 1 is 1.38 bits per heavy atom. The van der Waals surface area contributed by atoms with Crippen molar-refractivity contribution in [1.82, 2.24) is 4.98 Å². The first kappa shape index (κ1) is 10.7. The molecule has 1 heterocycles. The molecule has 1 aromatic heterocycles. The molecule has 0 saturated carbocycles. The van der Waals surface area contributed by atoms with Crippen molar-refractivity contribution in [3.05, 3.63) is 35.5 Å². The third-order valence-corrected chi connectivity index (χ3v) is 2.55. The number of fused-ring (bicyclic) bond motifs is 1. The summed E-state index contributed by atoms with van der Waals surface area (Å²) in [6.07, 6.45) is 0. The topological polar surface area (TPSA) is 73.3 Å². The predicted octanol–water partition coefficient (Wildman–Crippen LogP) is 2.09. The molecule has 3 N–H and O–H groups in total. The zero-order valence-corrected chi connectivity index (χ0v) is 9.11. The molecule has 2 rings (SSSR count). The molecule has 4 nitrogen and oxygen atoms in total. The first-order chi connectivity index (χ1) is 7.39. The maximum atomic E-state index is 10.8.